The van der Waals surface area contributed by atoms with E-state index in [-0.39, 0.29) is 11.8 Å². The molecule has 1 unspecified atom stereocenters. The summed E-state index contributed by atoms with van der Waals surface area (Å²) >= 11 is 1.46. The van der Waals surface area contributed by atoms with Crippen LogP contribution in [0.1, 0.15) is 52.3 Å². The number of aryl methyl sites for hydroxylation is 2. The van der Waals surface area contributed by atoms with Crippen LogP contribution in [0.4, 0.5) is 0 Å². The zero-order valence-electron chi connectivity index (χ0n) is 18.4. The fraction of sp³-hybridized carbons (Fsp3) is 0.375. The lowest BCUT2D eigenvalue weighted by Gasteiger charge is -2.23. The van der Waals surface area contributed by atoms with E-state index in [2.05, 4.69) is 58.9 Å². The summed E-state index contributed by atoms with van der Waals surface area (Å²) in [5.74, 6) is 1.40. The molecule has 3 aromatic rings. The van der Waals surface area contributed by atoms with E-state index in [0.717, 1.165) is 28.5 Å². The number of hydrogen-bond acceptors (Lipinski definition) is 5. The number of Topliss-reactive ketones (excluding diaryl/α,β-unsaturated/α-hetero) is 1. The molecule has 0 saturated carbocycles. The second kappa shape index (κ2) is 10.0. The van der Waals surface area contributed by atoms with Gasteiger partial charge in [0.05, 0.1) is 18.3 Å². The Morgan fingerprint density at radius 3 is 2.47 bits per heavy atom. The highest BCUT2D eigenvalue weighted by Crippen LogP contribution is 2.27. The molecule has 1 atom stereocenters. The predicted molar refractivity (Wildman–Crippen MR) is 123 cm³/mol. The first-order valence-electron chi connectivity index (χ1n) is 10.3. The van der Waals surface area contributed by atoms with Crippen molar-refractivity contribution in [1.82, 2.24) is 19.7 Å². The zero-order valence-corrected chi connectivity index (χ0v) is 19.2. The van der Waals surface area contributed by atoms with Gasteiger partial charge in [-0.1, -0.05) is 72.8 Å². The Labute approximate surface area is 183 Å². The zero-order chi connectivity index (χ0) is 21.7. The molecule has 6 heteroatoms. The minimum atomic E-state index is 0.118. The maximum Gasteiger partial charge on any atom is 0.192 e. The minimum absolute atomic E-state index is 0.118. The van der Waals surface area contributed by atoms with E-state index >= 15 is 0 Å². The lowest BCUT2D eigenvalue weighted by atomic mass is 10.0. The molecule has 0 aliphatic carbocycles. The number of thioether (sulfide) groups is 1. The van der Waals surface area contributed by atoms with E-state index in [9.17, 15) is 4.79 Å². The molecular formula is C24H30N4OS. The lowest BCUT2D eigenvalue weighted by molar-refractivity contribution is 0.102. The lowest BCUT2D eigenvalue weighted by Crippen LogP contribution is -2.23. The van der Waals surface area contributed by atoms with Gasteiger partial charge in [-0.25, -0.2) is 0 Å². The molecule has 0 fully saturated rings. The van der Waals surface area contributed by atoms with E-state index in [0.29, 0.717) is 12.3 Å². The van der Waals surface area contributed by atoms with Crippen molar-refractivity contribution in [1.29, 1.82) is 0 Å². The summed E-state index contributed by atoms with van der Waals surface area (Å²) in [4.78, 5) is 15.0. The Balaban J connectivity index is 1.86. The molecule has 158 valence electrons. The van der Waals surface area contributed by atoms with Crippen LogP contribution in [-0.2, 0) is 6.54 Å². The number of benzene rings is 2. The van der Waals surface area contributed by atoms with Gasteiger partial charge < -0.3 is 4.57 Å². The first-order chi connectivity index (χ1) is 14.4. The molecule has 0 radical (unpaired) electrons. The number of rotatable bonds is 9. The van der Waals surface area contributed by atoms with Crippen LogP contribution < -0.4 is 0 Å². The van der Waals surface area contributed by atoms with Gasteiger partial charge in [0, 0.05) is 5.56 Å². The van der Waals surface area contributed by atoms with Crippen LogP contribution >= 0.6 is 11.8 Å². The van der Waals surface area contributed by atoms with Crippen LogP contribution in [0.15, 0.2) is 53.7 Å². The summed E-state index contributed by atoms with van der Waals surface area (Å²) in [5.41, 5.74) is 4.15. The first kappa shape index (κ1) is 22.2. The number of hydrogen-bond donors (Lipinski definition) is 0. The Morgan fingerprint density at radius 1 is 1.10 bits per heavy atom. The molecule has 5 nitrogen and oxygen atoms in total. The van der Waals surface area contributed by atoms with Gasteiger partial charge in [-0.3, -0.25) is 9.69 Å². The summed E-state index contributed by atoms with van der Waals surface area (Å²) in [6.45, 7) is 6.87. The Bertz CT molecular complexity index is 998. The highest BCUT2D eigenvalue weighted by molar-refractivity contribution is 7.99. The van der Waals surface area contributed by atoms with Crippen LogP contribution in [0.3, 0.4) is 0 Å². The molecule has 0 aliphatic rings. The Hall–Kier alpha value is -2.44. The number of carbonyl (C=O) groups is 1. The smallest absolute Gasteiger partial charge is 0.192 e. The monoisotopic (exact) mass is 422 g/mol. The van der Waals surface area contributed by atoms with Crippen LogP contribution in [0.5, 0.6) is 0 Å². The first-order valence-corrected chi connectivity index (χ1v) is 11.3. The van der Waals surface area contributed by atoms with Crippen molar-refractivity contribution in [3.8, 4) is 0 Å². The number of nitrogens with zero attached hydrogens (tertiary/aromatic N) is 4. The van der Waals surface area contributed by atoms with Gasteiger partial charge in [0.25, 0.3) is 0 Å². The molecule has 2 aromatic carbocycles. The van der Waals surface area contributed by atoms with Crippen LogP contribution in [-0.4, -0.2) is 45.3 Å². The van der Waals surface area contributed by atoms with Crippen LogP contribution in [0.25, 0.3) is 0 Å². The van der Waals surface area contributed by atoms with E-state index in [1.54, 1.807) is 0 Å². The van der Waals surface area contributed by atoms with Crippen molar-refractivity contribution in [3.05, 3.63) is 76.6 Å². The summed E-state index contributed by atoms with van der Waals surface area (Å²) in [6.07, 6.45) is 0.937. The molecule has 3 rings (SSSR count). The maximum atomic E-state index is 12.8. The van der Waals surface area contributed by atoms with Crippen LogP contribution in [0, 0.1) is 13.8 Å². The summed E-state index contributed by atoms with van der Waals surface area (Å²) < 4.78 is 2.16. The highest BCUT2D eigenvalue weighted by Gasteiger charge is 2.23. The van der Waals surface area contributed by atoms with Gasteiger partial charge >= 0.3 is 0 Å². The molecule has 30 heavy (non-hydrogen) atoms. The van der Waals surface area contributed by atoms with Crippen molar-refractivity contribution < 1.29 is 4.79 Å². The molecule has 0 aliphatic heterocycles. The number of carbonyl (C=O) groups excluding carboxylic acids is 1. The van der Waals surface area contributed by atoms with Gasteiger partial charge in [-0.05, 0) is 45.5 Å². The Morgan fingerprint density at radius 2 is 1.83 bits per heavy atom. The third-order valence-corrected chi connectivity index (χ3v) is 6.22. The molecule has 0 N–H and O–H groups in total. The third-order valence-electron chi connectivity index (χ3n) is 5.25. The SMILES string of the molecule is CCC(c1nnc(SCC(=O)c2ccc(C)cc2C)n1Cc1ccccc1)N(C)C. The Kier molecular flexibility index (Phi) is 7.45. The summed E-state index contributed by atoms with van der Waals surface area (Å²) in [7, 11) is 4.12. The summed E-state index contributed by atoms with van der Waals surface area (Å²) in [5, 5.41) is 9.77. The van der Waals surface area contributed by atoms with Crippen molar-refractivity contribution in [2.24, 2.45) is 0 Å². The fourth-order valence-corrected chi connectivity index (χ4v) is 4.51. The average Bonchev–Trinajstić information content (AvgIpc) is 3.09. The molecule has 1 aromatic heterocycles. The molecule has 0 bridgehead atoms. The predicted octanol–water partition coefficient (Wildman–Crippen LogP) is 4.93. The number of aromatic nitrogens is 3. The summed E-state index contributed by atoms with van der Waals surface area (Å²) in [6, 6.07) is 16.5. The second-order valence-corrected chi connectivity index (χ2v) is 8.77. The van der Waals surface area contributed by atoms with Crippen molar-refractivity contribution in [2.75, 3.05) is 19.8 Å². The maximum absolute atomic E-state index is 12.8. The topological polar surface area (TPSA) is 51.0 Å². The average molecular weight is 423 g/mol. The van der Waals surface area contributed by atoms with E-state index in [1.165, 1.54) is 22.9 Å². The largest absolute Gasteiger partial charge is 0.300 e. The normalized spacial score (nSPS) is 12.3. The van der Waals surface area contributed by atoms with Gasteiger partial charge in [0.15, 0.2) is 16.8 Å². The van der Waals surface area contributed by atoms with Crippen molar-refractivity contribution in [2.45, 2.75) is 44.9 Å². The number of ketones is 1. The molecule has 0 saturated heterocycles. The van der Waals surface area contributed by atoms with Crippen molar-refractivity contribution >= 4 is 17.5 Å². The molecule has 0 amide bonds. The highest BCUT2D eigenvalue weighted by atomic mass is 32.2. The van der Waals surface area contributed by atoms with Gasteiger partial charge in [-0.15, -0.1) is 10.2 Å². The molecular weight excluding hydrogens is 392 g/mol. The van der Waals surface area contributed by atoms with Gasteiger partial charge in [0.1, 0.15) is 0 Å². The van der Waals surface area contributed by atoms with Crippen LogP contribution in [0.2, 0.25) is 0 Å². The van der Waals surface area contributed by atoms with E-state index < -0.39 is 0 Å². The fourth-order valence-electron chi connectivity index (χ4n) is 3.68. The van der Waals surface area contributed by atoms with E-state index in [1.807, 2.05) is 44.2 Å². The standard InChI is InChI=1S/C24H30N4OS/c1-6-21(27(4)5)23-25-26-24(28(23)15-19-10-8-7-9-11-19)30-16-22(29)20-13-12-17(2)14-18(20)3/h7-14,21H,6,15-16H2,1-5H3. The minimum Gasteiger partial charge on any atom is -0.300 e. The molecule has 0 spiro atoms. The van der Waals surface area contributed by atoms with Gasteiger partial charge in [0.2, 0.25) is 0 Å². The third kappa shape index (κ3) is 5.18. The van der Waals surface area contributed by atoms with Gasteiger partial charge in [-0.2, -0.15) is 0 Å². The molecule has 1 heterocycles. The quantitative estimate of drug-likeness (QED) is 0.361. The van der Waals surface area contributed by atoms with E-state index in [4.69, 9.17) is 0 Å². The second-order valence-electron chi connectivity index (χ2n) is 7.83. The van der Waals surface area contributed by atoms with Crippen molar-refractivity contribution in [3.63, 3.8) is 0 Å².